The van der Waals surface area contributed by atoms with Crippen molar-refractivity contribution in [1.82, 2.24) is 0 Å². The molecule has 0 aromatic heterocycles. The molecule has 0 radical (unpaired) electrons. The number of hydrogen-bond donors (Lipinski definition) is 1. The van der Waals surface area contributed by atoms with Crippen molar-refractivity contribution in [3.8, 4) is 0 Å². The number of anilines is 2. The first-order valence-electron chi connectivity index (χ1n) is 5.87. The Morgan fingerprint density at radius 3 is 2.82 bits per heavy atom. The number of morpholine rings is 1. The fourth-order valence-corrected chi connectivity index (χ4v) is 2.02. The molecule has 1 amide bonds. The van der Waals surface area contributed by atoms with E-state index in [0.29, 0.717) is 19.1 Å². The van der Waals surface area contributed by atoms with Crippen LogP contribution in [0, 0.1) is 0 Å². The molecule has 1 heterocycles. The summed E-state index contributed by atoms with van der Waals surface area (Å²) in [7, 11) is 0. The Balaban J connectivity index is 2.32. The molecule has 0 unspecified atom stereocenters. The van der Waals surface area contributed by atoms with E-state index in [2.05, 4.69) is 13.8 Å². The van der Waals surface area contributed by atoms with E-state index in [-0.39, 0.29) is 12.5 Å². The molecule has 0 spiro atoms. The van der Waals surface area contributed by atoms with Crippen LogP contribution in [-0.2, 0) is 9.53 Å². The highest BCUT2D eigenvalue weighted by Gasteiger charge is 2.20. The number of carbonyl (C=O) groups is 1. The number of benzene rings is 1. The Hall–Kier alpha value is -1.55. The predicted octanol–water partition coefficient (Wildman–Crippen LogP) is 1.76. The summed E-state index contributed by atoms with van der Waals surface area (Å²) in [6.07, 6.45) is 0. The molecule has 1 aliphatic rings. The van der Waals surface area contributed by atoms with E-state index in [0.717, 1.165) is 16.9 Å². The number of nitrogen functional groups attached to an aromatic ring is 1. The minimum Gasteiger partial charge on any atom is -0.398 e. The van der Waals surface area contributed by atoms with Crippen LogP contribution in [0.5, 0.6) is 0 Å². The van der Waals surface area contributed by atoms with Gasteiger partial charge in [-0.15, -0.1) is 0 Å². The Morgan fingerprint density at radius 2 is 2.18 bits per heavy atom. The summed E-state index contributed by atoms with van der Waals surface area (Å²) in [6.45, 7) is 5.56. The fraction of sp³-hybridized carbons (Fsp3) is 0.462. The molecule has 0 atom stereocenters. The topological polar surface area (TPSA) is 55.6 Å². The third-order valence-corrected chi connectivity index (χ3v) is 2.99. The molecule has 0 bridgehead atoms. The Bertz CT molecular complexity index is 429. The molecule has 4 heteroatoms. The molecule has 0 saturated carbocycles. The molecule has 92 valence electrons. The van der Waals surface area contributed by atoms with Crippen LogP contribution in [0.3, 0.4) is 0 Å². The average molecular weight is 234 g/mol. The molecule has 1 aliphatic heterocycles. The smallest absolute Gasteiger partial charge is 0.253 e. The summed E-state index contributed by atoms with van der Waals surface area (Å²) in [5, 5.41) is 0. The number of carbonyl (C=O) groups excluding carboxylic acids is 1. The van der Waals surface area contributed by atoms with Gasteiger partial charge in [0.2, 0.25) is 0 Å². The minimum atomic E-state index is 0.00993. The van der Waals surface area contributed by atoms with E-state index in [1.807, 2.05) is 18.2 Å². The standard InChI is InChI=1S/C13H18N2O2/c1-9(2)11-7-10(3-4-12(11)14)15-5-6-17-8-13(15)16/h3-4,7,9H,5-6,8,14H2,1-2H3. The van der Waals surface area contributed by atoms with Crippen LogP contribution in [0.2, 0.25) is 0 Å². The molecular weight excluding hydrogens is 216 g/mol. The maximum Gasteiger partial charge on any atom is 0.253 e. The molecule has 1 fully saturated rings. The maximum absolute atomic E-state index is 11.7. The van der Waals surface area contributed by atoms with Gasteiger partial charge in [-0.2, -0.15) is 0 Å². The van der Waals surface area contributed by atoms with Gasteiger partial charge in [0.15, 0.2) is 0 Å². The highest BCUT2D eigenvalue weighted by molar-refractivity contribution is 5.95. The van der Waals surface area contributed by atoms with Crippen molar-refractivity contribution >= 4 is 17.3 Å². The first kappa shape index (κ1) is 11.9. The summed E-state index contributed by atoms with van der Waals surface area (Å²) in [6, 6.07) is 5.76. The van der Waals surface area contributed by atoms with E-state index in [9.17, 15) is 4.79 Å². The molecule has 1 aromatic rings. The summed E-state index contributed by atoms with van der Waals surface area (Å²) < 4.78 is 5.12. The number of nitrogens with zero attached hydrogens (tertiary/aromatic N) is 1. The van der Waals surface area contributed by atoms with Gasteiger partial charge in [0.25, 0.3) is 5.91 Å². The first-order chi connectivity index (χ1) is 8.09. The average Bonchev–Trinajstić information content (AvgIpc) is 2.30. The van der Waals surface area contributed by atoms with Crippen LogP contribution in [0.4, 0.5) is 11.4 Å². The van der Waals surface area contributed by atoms with Crippen LogP contribution >= 0.6 is 0 Å². The summed E-state index contributed by atoms with van der Waals surface area (Å²) >= 11 is 0. The van der Waals surface area contributed by atoms with Crippen molar-refractivity contribution < 1.29 is 9.53 Å². The maximum atomic E-state index is 11.7. The Labute approximate surface area is 101 Å². The van der Waals surface area contributed by atoms with Gasteiger partial charge in [0, 0.05) is 17.9 Å². The Morgan fingerprint density at radius 1 is 1.41 bits per heavy atom. The summed E-state index contributed by atoms with van der Waals surface area (Å²) in [5.41, 5.74) is 8.71. The SMILES string of the molecule is CC(C)c1cc(N2CCOCC2=O)ccc1N. The second-order valence-corrected chi connectivity index (χ2v) is 4.57. The van der Waals surface area contributed by atoms with Gasteiger partial charge in [-0.25, -0.2) is 0 Å². The van der Waals surface area contributed by atoms with E-state index in [4.69, 9.17) is 10.5 Å². The second-order valence-electron chi connectivity index (χ2n) is 4.57. The van der Waals surface area contributed by atoms with Crippen LogP contribution in [0.1, 0.15) is 25.3 Å². The van der Waals surface area contributed by atoms with Crippen molar-refractivity contribution in [2.75, 3.05) is 30.4 Å². The van der Waals surface area contributed by atoms with Gasteiger partial charge < -0.3 is 15.4 Å². The van der Waals surface area contributed by atoms with E-state index in [1.54, 1.807) is 4.90 Å². The van der Waals surface area contributed by atoms with Crippen LogP contribution < -0.4 is 10.6 Å². The molecule has 1 saturated heterocycles. The molecule has 2 rings (SSSR count). The highest BCUT2D eigenvalue weighted by Crippen LogP contribution is 2.27. The lowest BCUT2D eigenvalue weighted by atomic mass is 10.0. The van der Waals surface area contributed by atoms with Gasteiger partial charge in [-0.3, -0.25) is 4.79 Å². The van der Waals surface area contributed by atoms with Gasteiger partial charge in [-0.1, -0.05) is 13.8 Å². The largest absolute Gasteiger partial charge is 0.398 e. The zero-order chi connectivity index (χ0) is 12.4. The van der Waals surface area contributed by atoms with Crippen LogP contribution in [0.25, 0.3) is 0 Å². The number of nitrogens with two attached hydrogens (primary N) is 1. The number of ether oxygens (including phenoxy) is 1. The van der Waals surface area contributed by atoms with E-state index in [1.165, 1.54) is 0 Å². The van der Waals surface area contributed by atoms with E-state index < -0.39 is 0 Å². The van der Waals surface area contributed by atoms with Crippen LogP contribution in [-0.4, -0.2) is 25.7 Å². The quantitative estimate of drug-likeness (QED) is 0.793. The molecule has 17 heavy (non-hydrogen) atoms. The third-order valence-electron chi connectivity index (χ3n) is 2.99. The minimum absolute atomic E-state index is 0.00993. The van der Waals surface area contributed by atoms with Crippen molar-refractivity contribution in [1.29, 1.82) is 0 Å². The summed E-state index contributed by atoms with van der Waals surface area (Å²) in [4.78, 5) is 13.5. The number of hydrogen-bond acceptors (Lipinski definition) is 3. The van der Waals surface area contributed by atoms with Crippen molar-refractivity contribution in [3.05, 3.63) is 23.8 Å². The lowest BCUT2D eigenvalue weighted by molar-refractivity contribution is -0.125. The molecule has 4 nitrogen and oxygen atoms in total. The Kier molecular flexibility index (Phi) is 3.33. The normalized spacial score (nSPS) is 16.6. The van der Waals surface area contributed by atoms with E-state index >= 15 is 0 Å². The molecule has 0 aliphatic carbocycles. The van der Waals surface area contributed by atoms with Gasteiger partial charge in [0.1, 0.15) is 6.61 Å². The van der Waals surface area contributed by atoms with Crippen molar-refractivity contribution in [2.24, 2.45) is 0 Å². The highest BCUT2D eigenvalue weighted by atomic mass is 16.5. The van der Waals surface area contributed by atoms with Gasteiger partial charge in [0.05, 0.1) is 6.61 Å². The molecular formula is C13H18N2O2. The molecule has 1 aromatic carbocycles. The monoisotopic (exact) mass is 234 g/mol. The lowest BCUT2D eigenvalue weighted by Crippen LogP contribution is -2.41. The second kappa shape index (κ2) is 4.75. The third kappa shape index (κ3) is 2.42. The first-order valence-corrected chi connectivity index (χ1v) is 5.87. The predicted molar refractivity (Wildman–Crippen MR) is 68.1 cm³/mol. The number of amides is 1. The number of rotatable bonds is 2. The van der Waals surface area contributed by atoms with Crippen molar-refractivity contribution in [2.45, 2.75) is 19.8 Å². The fourth-order valence-electron chi connectivity index (χ4n) is 2.02. The lowest BCUT2D eigenvalue weighted by Gasteiger charge is -2.27. The van der Waals surface area contributed by atoms with Crippen LogP contribution in [0.15, 0.2) is 18.2 Å². The zero-order valence-electron chi connectivity index (χ0n) is 10.3. The van der Waals surface area contributed by atoms with Gasteiger partial charge >= 0.3 is 0 Å². The van der Waals surface area contributed by atoms with Crippen molar-refractivity contribution in [3.63, 3.8) is 0 Å². The summed E-state index contributed by atoms with van der Waals surface area (Å²) in [5.74, 6) is 0.363. The zero-order valence-corrected chi connectivity index (χ0v) is 10.3. The van der Waals surface area contributed by atoms with Gasteiger partial charge in [-0.05, 0) is 29.7 Å². The molecule has 2 N–H and O–H groups in total.